The highest BCUT2D eigenvalue weighted by atomic mass is 16.5. The molecule has 0 aromatic heterocycles. The lowest BCUT2D eigenvalue weighted by atomic mass is 9.91. The third kappa shape index (κ3) is 4.57. The van der Waals surface area contributed by atoms with Crippen LogP contribution in [0.2, 0.25) is 0 Å². The van der Waals surface area contributed by atoms with Crippen molar-refractivity contribution in [3.8, 4) is 0 Å². The standard InChI is InChI=1S/C20H32N2O2/c1-16-13-22(14-18-9-6-12-24-18)11-10-19(16)21-15-20(2,23)17-7-4-3-5-8-17/h3-5,7-8,16,18-19,21,23H,6,9-15H2,1-2H3. The number of piperidine rings is 1. The lowest BCUT2D eigenvalue weighted by molar-refractivity contribution is 0.0341. The van der Waals surface area contributed by atoms with Gasteiger partial charge in [0.25, 0.3) is 0 Å². The number of rotatable bonds is 6. The number of aliphatic hydroxyl groups is 1. The van der Waals surface area contributed by atoms with Crippen LogP contribution in [-0.4, -0.2) is 54.9 Å². The first-order valence-corrected chi connectivity index (χ1v) is 9.40. The largest absolute Gasteiger partial charge is 0.384 e. The maximum Gasteiger partial charge on any atom is 0.0992 e. The van der Waals surface area contributed by atoms with Crippen LogP contribution in [0.15, 0.2) is 30.3 Å². The Labute approximate surface area is 146 Å². The second-order valence-electron chi connectivity index (χ2n) is 7.79. The van der Waals surface area contributed by atoms with E-state index in [1.807, 2.05) is 37.3 Å². The summed E-state index contributed by atoms with van der Waals surface area (Å²) in [6.45, 7) is 9.06. The van der Waals surface area contributed by atoms with Gasteiger partial charge in [0.1, 0.15) is 0 Å². The van der Waals surface area contributed by atoms with Gasteiger partial charge in [0.2, 0.25) is 0 Å². The average Bonchev–Trinajstić information content (AvgIpc) is 3.08. The summed E-state index contributed by atoms with van der Waals surface area (Å²) >= 11 is 0. The van der Waals surface area contributed by atoms with Crippen molar-refractivity contribution in [3.05, 3.63) is 35.9 Å². The van der Waals surface area contributed by atoms with Gasteiger partial charge in [-0.3, -0.25) is 0 Å². The molecule has 1 aromatic rings. The van der Waals surface area contributed by atoms with Gasteiger partial charge < -0.3 is 20.1 Å². The van der Waals surface area contributed by atoms with E-state index in [-0.39, 0.29) is 0 Å². The Balaban J connectivity index is 1.46. The number of hydrogen-bond acceptors (Lipinski definition) is 4. The predicted molar refractivity (Wildman–Crippen MR) is 97.0 cm³/mol. The van der Waals surface area contributed by atoms with Crippen LogP contribution in [0.5, 0.6) is 0 Å². The number of nitrogens with zero attached hydrogens (tertiary/aromatic N) is 1. The summed E-state index contributed by atoms with van der Waals surface area (Å²) < 4.78 is 5.77. The molecular weight excluding hydrogens is 300 g/mol. The van der Waals surface area contributed by atoms with Gasteiger partial charge in [-0.15, -0.1) is 0 Å². The van der Waals surface area contributed by atoms with Gasteiger partial charge in [-0.2, -0.15) is 0 Å². The van der Waals surface area contributed by atoms with Crippen molar-refractivity contribution in [2.45, 2.75) is 50.9 Å². The smallest absolute Gasteiger partial charge is 0.0992 e. The number of nitrogens with one attached hydrogen (secondary N) is 1. The van der Waals surface area contributed by atoms with Crippen LogP contribution >= 0.6 is 0 Å². The van der Waals surface area contributed by atoms with Crippen molar-refractivity contribution in [2.24, 2.45) is 5.92 Å². The van der Waals surface area contributed by atoms with Crippen molar-refractivity contribution in [3.63, 3.8) is 0 Å². The first kappa shape index (κ1) is 17.9. The third-order valence-corrected chi connectivity index (χ3v) is 5.58. The van der Waals surface area contributed by atoms with Gasteiger partial charge in [0.05, 0.1) is 11.7 Å². The van der Waals surface area contributed by atoms with Gasteiger partial charge >= 0.3 is 0 Å². The normalized spacial score (nSPS) is 31.0. The third-order valence-electron chi connectivity index (χ3n) is 5.58. The highest BCUT2D eigenvalue weighted by molar-refractivity contribution is 5.21. The van der Waals surface area contributed by atoms with E-state index >= 15 is 0 Å². The molecule has 0 bridgehead atoms. The molecule has 4 heteroatoms. The number of hydrogen-bond donors (Lipinski definition) is 2. The maximum absolute atomic E-state index is 10.8. The van der Waals surface area contributed by atoms with E-state index in [9.17, 15) is 5.11 Å². The number of ether oxygens (including phenoxy) is 1. The zero-order chi connectivity index (χ0) is 17.0. The topological polar surface area (TPSA) is 44.7 Å². The van der Waals surface area contributed by atoms with E-state index in [2.05, 4.69) is 17.1 Å². The van der Waals surface area contributed by atoms with Crippen molar-refractivity contribution in [1.29, 1.82) is 0 Å². The van der Waals surface area contributed by atoms with E-state index in [0.717, 1.165) is 38.2 Å². The van der Waals surface area contributed by atoms with Gasteiger partial charge in [-0.05, 0) is 44.2 Å². The van der Waals surface area contributed by atoms with Crippen LogP contribution in [0.3, 0.4) is 0 Å². The van der Waals surface area contributed by atoms with E-state index in [4.69, 9.17) is 4.74 Å². The second-order valence-corrected chi connectivity index (χ2v) is 7.79. The first-order chi connectivity index (χ1) is 11.5. The highest BCUT2D eigenvalue weighted by Crippen LogP contribution is 2.23. The predicted octanol–water partition coefficient (Wildman–Crippen LogP) is 2.37. The first-order valence-electron chi connectivity index (χ1n) is 9.40. The van der Waals surface area contributed by atoms with Crippen LogP contribution in [-0.2, 0) is 10.3 Å². The molecular formula is C20H32N2O2. The molecule has 2 aliphatic heterocycles. The fourth-order valence-electron chi connectivity index (χ4n) is 4.01. The van der Waals surface area contributed by atoms with E-state index in [0.29, 0.717) is 24.6 Å². The molecule has 24 heavy (non-hydrogen) atoms. The van der Waals surface area contributed by atoms with Crippen LogP contribution in [0.25, 0.3) is 0 Å². The highest BCUT2D eigenvalue weighted by Gasteiger charge is 2.30. The summed E-state index contributed by atoms with van der Waals surface area (Å²) in [4.78, 5) is 2.55. The van der Waals surface area contributed by atoms with Crippen LogP contribution in [0.4, 0.5) is 0 Å². The van der Waals surface area contributed by atoms with Gasteiger partial charge in [-0.1, -0.05) is 37.3 Å². The Morgan fingerprint density at radius 1 is 1.29 bits per heavy atom. The lowest BCUT2D eigenvalue weighted by Gasteiger charge is -2.39. The molecule has 2 aliphatic rings. The minimum Gasteiger partial charge on any atom is -0.384 e. The second kappa shape index (κ2) is 7.96. The molecule has 0 spiro atoms. The summed E-state index contributed by atoms with van der Waals surface area (Å²) in [6, 6.07) is 10.4. The Morgan fingerprint density at radius 3 is 2.75 bits per heavy atom. The van der Waals surface area contributed by atoms with Crippen molar-refractivity contribution in [2.75, 3.05) is 32.8 Å². The van der Waals surface area contributed by atoms with Crippen molar-refractivity contribution >= 4 is 0 Å². The van der Waals surface area contributed by atoms with Crippen LogP contribution in [0, 0.1) is 5.92 Å². The molecule has 0 saturated carbocycles. The summed E-state index contributed by atoms with van der Waals surface area (Å²) in [7, 11) is 0. The fourth-order valence-corrected chi connectivity index (χ4v) is 4.01. The minimum atomic E-state index is -0.824. The summed E-state index contributed by atoms with van der Waals surface area (Å²) in [5.74, 6) is 0.590. The molecule has 2 heterocycles. The van der Waals surface area contributed by atoms with Gasteiger partial charge in [-0.25, -0.2) is 0 Å². The van der Waals surface area contributed by atoms with Crippen molar-refractivity contribution < 1.29 is 9.84 Å². The van der Waals surface area contributed by atoms with E-state index in [1.54, 1.807) is 0 Å². The van der Waals surface area contributed by atoms with Crippen molar-refractivity contribution in [1.82, 2.24) is 10.2 Å². The molecule has 4 nitrogen and oxygen atoms in total. The quantitative estimate of drug-likeness (QED) is 0.839. The number of likely N-dealkylation sites (tertiary alicyclic amines) is 1. The molecule has 2 fully saturated rings. The summed E-state index contributed by atoms with van der Waals surface area (Å²) in [6.07, 6.45) is 4.01. The molecule has 134 valence electrons. The zero-order valence-corrected chi connectivity index (χ0v) is 15.1. The molecule has 3 rings (SSSR count). The Morgan fingerprint density at radius 2 is 2.08 bits per heavy atom. The Bertz CT molecular complexity index is 500. The fraction of sp³-hybridized carbons (Fsp3) is 0.700. The maximum atomic E-state index is 10.8. The average molecular weight is 332 g/mol. The van der Waals surface area contributed by atoms with Crippen LogP contribution < -0.4 is 5.32 Å². The summed E-state index contributed by atoms with van der Waals surface area (Å²) in [5, 5.41) is 14.4. The number of benzene rings is 1. The van der Waals surface area contributed by atoms with Gasteiger partial charge in [0, 0.05) is 32.3 Å². The SMILES string of the molecule is CC1CN(CC2CCCO2)CCC1NCC(C)(O)c1ccccc1. The molecule has 2 N–H and O–H groups in total. The molecule has 0 aliphatic carbocycles. The molecule has 4 atom stereocenters. The summed E-state index contributed by atoms with van der Waals surface area (Å²) in [5.41, 5.74) is 0.150. The molecule has 0 radical (unpaired) electrons. The van der Waals surface area contributed by atoms with Crippen LogP contribution in [0.1, 0.15) is 38.7 Å². The molecule has 4 unspecified atom stereocenters. The monoisotopic (exact) mass is 332 g/mol. The van der Waals surface area contributed by atoms with E-state index in [1.165, 1.54) is 12.8 Å². The van der Waals surface area contributed by atoms with E-state index < -0.39 is 5.60 Å². The Kier molecular flexibility index (Phi) is 5.93. The minimum absolute atomic E-state index is 0.445. The molecule has 0 amide bonds. The molecule has 2 saturated heterocycles. The zero-order valence-electron chi connectivity index (χ0n) is 15.1. The Hall–Kier alpha value is -0.940. The van der Waals surface area contributed by atoms with Gasteiger partial charge in [0.15, 0.2) is 0 Å². The molecule has 1 aromatic carbocycles. The lowest BCUT2D eigenvalue weighted by Crippen LogP contribution is -2.52.